The molecule has 0 N–H and O–H groups in total. The van der Waals surface area contributed by atoms with Gasteiger partial charge in [0.25, 0.3) is 0 Å². The normalized spacial score (nSPS) is 7.78. The van der Waals surface area contributed by atoms with Crippen molar-refractivity contribution >= 4 is 40.7 Å². The first kappa shape index (κ1) is 17.0. The minimum Gasteiger partial charge on any atom is 0 e. The summed E-state index contributed by atoms with van der Waals surface area (Å²) in [6.45, 7) is 0. The van der Waals surface area contributed by atoms with Crippen LogP contribution in [0.4, 0.5) is 0 Å². The van der Waals surface area contributed by atoms with Crippen molar-refractivity contribution in [2.45, 2.75) is 0 Å². The van der Waals surface area contributed by atoms with E-state index in [0.717, 1.165) is 0 Å². The van der Waals surface area contributed by atoms with Gasteiger partial charge in [-0.25, -0.2) is 0 Å². The largest absolute Gasteiger partial charge is 0 e. The molecule has 0 aromatic rings. The molecule has 58 valence electrons. The Labute approximate surface area is 81.0 Å². The van der Waals surface area contributed by atoms with Crippen LogP contribution in [0.2, 0.25) is 0 Å². The van der Waals surface area contributed by atoms with Crippen LogP contribution in [0.3, 0.4) is 0 Å². The molecule has 0 atom stereocenters. The fourth-order valence-corrected chi connectivity index (χ4v) is 0. The van der Waals surface area contributed by atoms with Crippen LogP contribution in [0.1, 0.15) is 0 Å². The Bertz CT molecular complexity index is 69.1. The van der Waals surface area contributed by atoms with Crippen molar-refractivity contribution in [1.29, 1.82) is 0 Å². The molecule has 6 nitrogen and oxygen atoms in total. The number of hydrogen-bond donors (Lipinski definition) is 0. The molecule has 0 heterocycles. The zero-order chi connectivity index (χ0) is 7.15. The molecule has 0 fully saturated rings. The summed E-state index contributed by atoms with van der Waals surface area (Å²) in [5.41, 5.74) is 0. The fourth-order valence-electron chi connectivity index (χ4n) is 0. The van der Waals surface area contributed by atoms with Crippen LogP contribution in [0.25, 0.3) is 0 Å². The molecule has 0 aliphatic carbocycles. The molecule has 0 rings (SSSR count). The second-order valence-corrected chi connectivity index (χ2v) is 2.74. The summed E-state index contributed by atoms with van der Waals surface area (Å²) in [6, 6.07) is 0. The van der Waals surface area contributed by atoms with E-state index in [4.69, 9.17) is 20.1 Å². The molecule has 0 aliphatic heterocycles. The quantitative estimate of drug-likeness (QED) is 0.285. The zero-order valence-electron chi connectivity index (χ0n) is 3.67. The molecule has 0 saturated heterocycles. The molecule has 0 saturated carbocycles. The Kier molecular flexibility index (Phi) is 23.4. The van der Waals surface area contributed by atoms with Crippen molar-refractivity contribution in [2.75, 3.05) is 0 Å². The first-order chi connectivity index (χ1) is 3.46. The maximum Gasteiger partial charge on any atom is 0 e. The standard InChI is InChI=1S/2H2O3Te.W/c2*1-4(2)3;/h2*(H2,1,2,3);/p-4. The molecule has 0 radical (unpaired) electrons. The number of rotatable bonds is 0. The van der Waals surface area contributed by atoms with Crippen LogP contribution in [0.5, 0.6) is 0 Å². The Hall–Kier alpha value is 1.71. The van der Waals surface area contributed by atoms with E-state index in [2.05, 4.69) is 0 Å². The molecule has 0 unspecified atom stereocenters. The average molecular weight is 535 g/mol. The molecule has 0 bridgehead atoms. The van der Waals surface area contributed by atoms with Gasteiger partial charge in [-0.1, -0.05) is 0 Å². The summed E-state index contributed by atoms with van der Waals surface area (Å²) >= 11 is -8.21. The molecule has 0 amide bonds. The minimum absolute atomic E-state index is 0. The van der Waals surface area contributed by atoms with Gasteiger partial charge in [0.05, 0.1) is 0 Å². The summed E-state index contributed by atoms with van der Waals surface area (Å²) in [5.74, 6) is 0. The van der Waals surface area contributed by atoms with Gasteiger partial charge < -0.3 is 0 Å². The van der Waals surface area contributed by atoms with Gasteiger partial charge in [0, 0.05) is 21.1 Å². The molecule has 0 aromatic heterocycles. The third-order valence-corrected chi connectivity index (χ3v) is 0. The smallest absolute Gasteiger partial charge is 0 e. The van der Waals surface area contributed by atoms with Crippen molar-refractivity contribution in [1.82, 2.24) is 0 Å². The summed E-state index contributed by atoms with van der Waals surface area (Å²) in [6.07, 6.45) is 0. The number of hydrogen-bond acceptors (Lipinski definition) is 6. The van der Waals surface area contributed by atoms with E-state index in [1.165, 1.54) is 0 Å². The van der Waals surface area contributed by atoms with Crippen molar-refractivity contribution < 1.29 is 41.2 Å². The second-order valence-electron chi connectivity index (χ2n) is 0.408. The van der Waals surface area contributed by atoms with Gasteiger partial charge in [-0.15, -0.1) is 0 Å². The SMILES string of the molecule is O=[Te]([O-])[O-].O=[Te]([O-])[O-].[W]. The summed E-state index contributed by atoms with van der Waals surface area (Å²) in [7, 11) is 0. The Balaban J connectivity index is -0.0000000720. The maximum absolute atomic E-state index is 8.59. The van der Waals surface area contributed by atoms with E-state index in [1.54, 1.807) is 0 Å². The minimum atomic E-state index is -4.11. The third-order valence-electron chi connectivity index (χ3n) is 0. The van der Waals surface area contributed by atoms with Gasteiger partial charge in [-0.3, -0.25) is 0 Å². The molecule has 9 heteroatoms. The second kappa shape index (κ2) is 12.4. The van der Waals surface area contributed by atoms with Crippen molar-refractivity contribution in [2.24, 2.45) is 0 Å². The fraction of sp³-hybridized carbons (Fsp3) is 0. The van der Waals surface area contributed by atoms with Crippen LogP contribution in [-0.4, -0.2) is 40.7 Å². The molecular weight excluding hydrogens is 535 g/mol. The molecule has 0 aliphatic rings. The van der Waals surface area contributed by atoms with Gasteiger partial charge in [0.15, 0.2) is 0 Å². The van der Waals surface area contributed by atoms with Gasteiger partial charge in [0.1, 0.15) is 0 Å². The van der Waals surface area contributed by atoms with Gasteiger partial charge >= 0.3 is 60.8 Å². The monoisotopic (exact) mass is 540 g/mol. The van der Waals surface area contributed by atoms with Crippen LogP contribution >= 0.6 is 0 Å². The summed E-state index contributed by atoms with van der Waals surface area (Å²) < 4.78 is 51.5. The topological polar surface area (TPSA) is 126 Å². The van der Waals surface area contributed by atoms with Crippen molar-refractivity contribution in [3.8, 4) is 0 Å². The van der Waals surface area contributed by atoms with E-state index in [0.29, 0.717) is 0 Å². The van der Waals surface area contributed by atoms with Crippen LogP contribution in [0.15, 0.2) is 0 Å². The first-order valence-corrected chi connectivity index (χ1v) is 6.71. The van der Waals surface area contributed by atoms with E-state index in [-0.39, 0.29) is 21.1 Å². The van der Waals surface area contributed by atoms with E-state index in [1.807, 2.05) is 0 Å². The van der Waals surface area contributed by atoms with E-state index < -0.39 is 40.7 Å². The Morgan fingerprint density at radius 1 is 0.778 bits per heavy atom. The van der Waals surface area contributed by atoms with Crippen molar-refractivity contribution in [3.63, 3.8) is 0 Å². The predicted octanol–water partition coefficient (Wildman–Crippen LogP) is -5.76. The zero-order valence-corrected chi connectivity index (χ0v) is 11.3. The molecule has 0 spiro atoms. The first-order valence-electron chi connectivity index (χ1n) is 1.00. The average Bonchev–Trinajstić information content (AvgIpc) is 1.25. The molecule has 0 aromatic carbocycles. The third kappa shape index (κ3) is 198. The van der Waals surface area contributed by atoms with Gasteiger partial charge in [0.2, 0.25) is 0 Å². The van der Waals surface area contributed by atoms with Crippen LogP contribution in [-0.2, 0) is 27.3 Å². The summed E-state index contributed by atoms with van der Waals surface area (Å²) in [5, 5.41) is 0. The van der Waals surface area contributed by atoms with E-state index in [9.17, 15) is 0 Å². The molecular formula is O6Te2W-4. The van der Waals surface area contributed by atoms with Crippen LogP contribution < -0.4 is 13.9 Å². The maximum atomic E-state index is 8.59. The van der Waals surface area contributed by atoms with E-state index >= 15 is 0 Å². The van der Waals surface area contributed by atoms with Gasteiger partial charge in [-0.2, -0.15) is 0 Å². The Morgan fingerprint density at radius 2 is 0.778 bits per heavy atom. The summed E-state index contributed by atoms with van der Waals surface area (Å²) in [4.78, 5) is 0. The predicted molar refractivity (Wildman–Crippen MR) is 12.9 cm³/mol. The van der Waals surface area contributed by atoms with Gasteiger partial charge in [-0.05, 0) is 0 Å². The Morgan fingerprint density at radius 3 is 0.778 bits per heavy atom. The van der Waals surface area contributed by atoms with Crippen LogP contribution in [0, 0.1) is 0 Å². The van der Waals surface area contributed by atoms with Crippen molar-refractivity contribution in [3.05, 3.63) is 0 Å². The molecule has 9 heavy (non-hydrogen) atoms.